The van der Waals surface area contributed by atoms with Gasteiger partial charge in [-0.05, 0) is 86.6 Å². The van der Waals surface area contributed by atoms with Crippen molar-refractivity contribution in [1.29, 1.82) is 0 Å². The summed E-state index contributed by atoms with van der Waals surface area (Å²) in [5.74, 6) is 0.752. The number of amides is 1. The fourth-order valence-corrected chi connectivity index (χ4v) is 5.30. The summed E-state index contributed by atoms with van der Waals surface area (Å²) < 4.78 is 44.5. The Hall–Kier alpha value is -2.54. The maximum Gasteiger partial charge on any atom is 0.416 e. The Morgan fingerprint density at radius 2 is 1.76 bits per heavy atom. The first-order valence-corrected chi connectivity index (χ1v) is 12.2. The summed E-state index contributed by atoms with van der Waals surface area (Å²) in [6, 6.07) is 9.38. The topological polar surface area (TPSA) is 32.8 Å². The van der Waals surface area contributed by atoms with E-state index in [2.05, 4.69) is 37.8 Å². The minimum atomic E-state index is -4.40. The van der Waals surface area contributed by atoms with Crippen LogP contribution in [0.15, 0.2) is 36.4 Å². The van der Waals surface area contributed by atoms with E-state index in [4.69, 9.17) is 4.74 Å². The van der Waals surface area contributed by atoms with Gasteiger partial charge in [-0.25, -0.2) is 0 Å². The predicted molar refractivity (Wildman–Crippen MR) is 126 cm³/mol. The summed E-state index contributed by atoms with van der Waals surface area (Å²) in [7, 11) is 0. The molecule has 2 saturated heterocycles. The van der Waals surface area contributed by atoms with Crippen LogP contribution in [0.25, 0.3) is 0 Å². The van der Waals surface area contributed by atoms with Gasteiger partial charge in [0.2, 0.25) is 0 Å². The lowest BCUT2D eigenvalue weighted by molar-refractivity contribution is -0.137. The third kappa shape index (κ3) is 4.95. The Bertz CT molecular complexity index is 1020. The first-order chi connectivity index (χ1) is 16.2. The number of hydrogen-bond acceptors (Lipinski definition) is 3. The van der Waals surface area contributed by atoms with Gasteiger partial charge in [-0.3, -0.25) is 9.69 Å². The number of fused-ring (bicyclic) bond motifs is 1. The highest BCUT2D eigenvalue weighted by Crippen LogP contribution is 2.39. The average molecular weight is 475 g/mol. The van der Waals surface area contributed by atoms with Crippen LogP contribution < -0.4 is 4.74 Å². The molecule has 0 bridgehead atoms. The van der Waals surface area contributed by atoms with Gasteiger partial charge in [0.05, 0.1) is 12.2 Å². The van der Waals surface area contributed by atoms with Gasteiger partial charge in [0.1, 0.15) is 5.75 Å². The largest absolute Gasteiger partial charge is 0.493 e. The molecule has 2 heterocycles. The number of benzene rings is 2. The van der Waals surface area contributed by atoms with Gasteiger partial charge in [0.15, 0.2) is 0 Å². The Kier molecular flexibility index (Phi) is 7.22. The van der Waals surface area contributed by atoms with Crippen LogP contribution in [0.1, 0.15) is 71.3 Å². The van der Waals surface area contributed by atoms with Crippen LogP contribution in [0.4, 0.5) is 13.2 Å². The zero-order valence-electron chi connectivity index (χ0n) is 20.1. The molecule has 184 valence electrons. The molecule has 0 saturated carbocycles. The fourth-order valence-electron chi connectivity index (χ4n) is 5.30. The lowest BCUT2D eigenvalue weighted by atomic mass is 9.86. The van der Waals surface area contributed by atoms with Crippen LogP contribution in [-0.4, -0.2) is 48.0 Å². The second-order valence-corrected chi connectivity index (χ2v) is 9.42. The van der Waals surface area contributed by atoms with Gasteiger partial charge in [0, 0.05) is 37.3 Å². The van der Waals surface area contributed by atoms with Crippen molar-refractivity contribution in [3.63, 3.8) is 0 Å². The minimum Gasteiger partial charge on any atom is -0.493 e. The number of piperidine rings is 1. The highest BCUT2D eigenvalue weighted by molar-refractivity contribution is 5.94. The summed E-state index contributed by atoms with van der Waals surface area (Å²) in [6.45, 7) is 9.02. The molecule has 1 amide bonds. The number of hydrogen-bond donors (Lipinski definition) is 0. The standard InChI is InChI=1S/C27H33F3N2O2/c1-4-16-34-25-13-12-23(18(2)19(25)3)24-7-5-6-22-17-31(14-15-32(22)24)26(33)20-8-10-21(11-9-20)27(28,29)30/h8-13,22,24H,4-7,14-17H2,1-3H3/t22-,24?/m0/s1. The molecule has 7 heteroatoms. The molecular formula is C27H33F3N2O2. The van der Waals surface area contributed by atoms with E-state index in [1.165, 1.54) is 28.8 Å². The van der Waals surface area contributed by atoms with Crippen molar-refractivity contribution in [2.24, 2.45) is 0 Å². The number of ether oxygens (including phenoxy) is 1. The van der Waals surface area contributed by atoms with Crippen molar-refractivity contribution < 1.29 is 22.7 Å². The number of alkyl halides is 3. The maximum absolute atomic E-state index is 13.0. The molecule has 0 aromatic heterocycles. The second kappa shape index (κ2) is 9.98. The van der Waals surface area contributed by atoms with Gasteiger partial charge in [-0.15, -0.1) is 0 Å². The highest BCUT2D eigenvalue weighted by atomic mass is 19.4. The van der Waals surface area contributed by atoms with Crippen LogP contribution >= 0.6 is 0 Å². The fraction of sp³-hybridized carbons (Fsp3) is 0.519. The molecule has 0 radical (unpaired) electrons. The highest BCUT2D eigenvalue weighted by Gasteiger charge is 2.38. The van der Waals surface area contributed by atoms with Crippen LogP contribution in [0.5, 0.6) is 5.75 Å². The molecule has 4 nitrogen and oxygen atoms in total. The van der Waals surface area contributed by atoms with Crippen molar-refractivity contribution in [2.75, 3.05) is 26.2 Å². The molecule has 2 fully saturated rings. The number of piperazine rings is 1. The molecule has 34 heavy (non-hydrogen) atoms. The molecule has 1 unspecified atom stereocenters. The monoisotopic (exact) mass is 474 g/mol. The van der Waals surface area contributed by atoms with Crippen molar-refractivity contribution in [1.82, 2.24) is 9.80 Å². The number of carbonyl (C=O) groups excluding carboxylic acids is 1. The van der Waals surface area contributed by atoms with Gasteiger partial charge >= 0.3 is 6.18 Å². The number of nitrogens with zero attached hydrogens (tertiary/aromatic N) is 2. The van der Waals surface area contributed by atoms with E-state index in [1.54, 1.807) is 4.90 Å². The molecule has 4 rings (SSSR count). The number of carbonyl (C=O) groups is 1. The van der Waals surface area contributed by atoms with E-state index >= 15 is 0 Å². The third-order valence-electron chi connectivity index (χ3n) is 7.29. The van der Waals surface area contributed by atoms with E-state index in [9.17, 15) is 18.0 Å². The summed E-state index contributed by atoms with van der Waals surface area (Å²) >= 11 is 0. The van der Waals surface area contributed by atoms with Crippen molar-refractivity contribution in [3.05, 3.63) is 64.2 Å². The molecule has 2 atom stereocenters. The molecule has 0 spiro atoms. The molecular weight excluding hydrogens is 441 g/mol. The Balaban J connectivity index is 1.47. The zero-order chi connectivity index (χ0) is 24.5. The number of halogens is 3. The average Bonchev–Trinajstić information content (AvgIpc) is 2.83. The first-order valence-electron chi connectivity index (χ1n) is 12.2. The summed E-state index contributed by atoms with van der Waals surface area (Å²) in [4.78, 5) is 17.3. The number of rotatable bonds is 5. The van der Waals surface area contributed by atoms with Crippen LogP contribution in [-0.2, 0) is 6.18 Å². The van der Waals surface area contributed by atoms with Gasteiger partial charge < -0.3 is 9.64 Å². The third-order valence-corrected chi connectivity index (χ3v) is 7.29. The molecule has 2 aromatic rings. The normalized spacial score (nSPS) is 21.3. The minimum absolute atomic E-state index is 0.194. The predicted octanol–water partition coefficient (Wildman–Crippen LogP) is 6.16. The van der Waals surface area contributed by atoms with Crippen LogP contribution in [0, 0.1) is 13.8 Å². The quantitative estimate of drug-likeness (QED) is 0.520. The van der Waals surface area contributed by atoms with E-state index in [0.29, 0.717) is 31.3 Å². The van der Waals surface area contributed by atoms with E-state index in [1.807, 2.05) is 0 Å². The zero-order valence-corrected chi connectivity index (χ0v) is 20.1. The molecule has 0 aliphatic carbocycles. The SMILES string of the molecule is CCCOc1ccc(C2CCC[C@H]3CN(C(=O)c4ccc(C(F)(F)F)cc4)CCN23)c(C)c1C. The summed E-state index contributed by atoms with van der Waals surface area (Å²) in [5, 5.41) is 0. The van der Waals surface area contributed by atoms with Crippen molar-refractivity contribution in [3.8, 4) is 5.75 Å². The lowest BCUT2D eigenvalue weighted by Gasteiger charge is -2.49. The van der Waals surface area contributed by atoms with Gasteiger partial charge in [-0.1, -0.05) is 13.0 Å². The van der Waals surface area contributed by atoms with Gasteiger partial charge in [0.25, 0.3) is 5.91 Å². The summed E-state index contributed by atoms with van der Waals surface area (Å²) in [6.07, 6.45) is -0.246. The smallest absolute Gasteiger partial charge is 0.416 e. The van der Waals surface area contributed by atoms with Crippen molar-refractivity contribution in [2.45, 2.75) is 64.7 Å². The maximum atomic E-state index is 13.0. The van der Waals surface area contributed by atoms with E-state index in [-0.39, 0.29) is 11.9 Å². The van der Waals surface area contributed by atoms with E-state index in [0.717, 1.165) is 50.1 Å². The molecule has 2 aromatic carbocycles. The van der Waals surface area contributed by atoms with Crippen LogP contribution in [0.3, 0.4) is 0 Å². The van der Waals surface area contributed by atoms with Crippen molar-refractivity contribution >= 4 is 5.91 Å². The molecule has 0 N–H and O–H groups in total. The Morgan fingerprint density at radius 3 is 2.44 bits per heavy atom. The van der Waals surface area contributed by atoms with Gasteiger partial charge in [-0.2, -0.15) is 13.2 Å². The summed E-state index contributed by atoms with van der Waals surface area (Å²) in [5.41, 5.74) is 3.35. The lowest BCUT2D eigenvalue weighted by Crippen LogP contribution is -2.57. The van der Waals surface area contributed by atoms with E-state index < -0.39 is 11.7 Å². The molecule has 2 aliphatic rings. The van der Waals surface area contributed by atoms with Crippen LogP contribution in [0.2, 0.25) is 0 Å². The Morgan fingerprint density at radius 1 is 1.03 bits per heavy atom. The second-order valence-electron chi connectivity index (χ2n) is 9.42. The Labute approximate surface area is 199 Å². The molecule has 2 aliphatic heterocycles. The first kappa shape index (κ1) is 24.6.